The molecule has 1 aliphatic heterocycles. The van der Waals surface area contributed by atoms with E-state index in [1.807, 2.05) is 0 Å². The molecule has 0 amide bonds. The maximum Gasteiger partial charge on any atom is 0.246 e. The highest BCUT2D eigenvalue weighted by atomic mass is 32.2. The number of hydrogen-bond donors (Lipinski definition) is 1. The second-order valence-electron chi connectivity index (χ2n) is 3.33. The van der Waals surface area contributed by atoms with Crippen molar-refractivity contribution in [2.45, 2.75) is 11.0 Å². The predicted molar refractivity (Wildman–Crippen MR) is 48.0 cm³/mol. The van der Waals surface area contributed by atoms with Gasteiger partial charge in [-0.2, -0.15) is 9.40 Å². The van der Waals surface area contributed by atoms with Gasteiger partial charge in [0.2, 0.25) is 10.0 Å². The molecule has 0 bridgehead atoms. The molecule has 0 aliphatic carbocycles. The number of nitrogens with zero attached hydrogens (tertiary/aromatic N) is 3. The van der Waals surface area contributed by atoms with E-state index in [0.29, 0.717) is 0 Å². The second-order valence-corrected chi connectivity index (χ2v) is 5.26. The fraction of sp³-hybridized carbons (Fsp3) is 0.571. The molecule has 0 aromatic carbocycles. The SMILES string of the molecule is Cn1cc(S(=O)(=O)N2CC(O)C2)cn1. The van der Waals surface area contributed by atoms with Crippen LogP contribution in [0.15, 0.2) is 17.3 Å². The molecule has 14 heavy (non-hydrogen) atoms. The van der Waals surface area contributed by atoms with Crippen LogP contribution in [0.25, 0.3) is 0 Å². The van der Waals surface area contributed by atoms with Crippen molar-refractivity contribution in [3.8, 4) is 0 Å². The molecule has 0 atom stereocenters. The van der Waals surface area contributed by atoms with Crippen LogP contribution in [0.4, 0.5) is 0 Å². The minimum absolute atomic E-state index is 0.173. The molecule has 1 aromatic rings. The normalized spacial score (nSPS) is 19.6. The van der Waals surface area contributed by atoms with Crippen LogP contribution in [0.2, 0.25) is 0 Å². The molecule has 1 aliphatic rings. The Bertz CT molecular complexity index is 433. The maximum atomic E-state index is 11.7. The number of aliphatic hydroxyl groups excluding tert-OH is 1. The molecule has 0 radical (unpaired) electrons. The summed E-state index contributed by atoms with van der Waals surface area (Å²) in [7, 11) is -1.77. The second kappa shape index (κ2) is 3.04. The van der Waals surface area contributed by atoms with Crippen molar-refractivity contribution in [1.82, 2.24) is 14.1 Å². The standard InChI is InChI=1S/C7H11N3O3S/c1-9-5-7(2-8-9)14(12,13)10-3-6(11)4-10/h2,5-6,11H,3-4H2,1H3. The lowest BCUT2D eigenvalue weighted by atomic mass is 10.2. The van der Waals surface area contributed by atoms with Gasteiger partial charge in [0.25, 0.3) is 0 Å². The molecule has 1 saturated heterocycles. The molecule has 1 N–H and O–H groups in total. The molecule has 0 spiro atoms. The molecule has 2 rings (SSSR count). The summed E-state index contributed by atoms with van der Waals surface area (Å²) >= 11 is 0. The molecule has 78 valence electrons. The summed E-state index contributed by atoms with van der Waals surface area (Å²) in [4.78, 5) is 0.173. The van der Waals surface area contributed by atoms with E-state index in [2.05, 4.69) is 5.10 Å². The zero-order chi connectivity index (χ0) is 10.3. The molecule has 1 aromatic heterocycles. The lowest BCUT2D eigenvalue weighted by Gasteiger charge is -2.34. The van der Waals surface area contributed by atoms with Crippen LogP contribution in [0, 0.1) is 0 Å². The molecule has 6 nitrogen and oxygen atoms in total. The van der Waals surface area contributed by atoms with E-state index in [1.54, 1.807) is 7.05 Å². The summed E-state index contributed by atoms with van der Waals surface area (Å²) in [6.07, 6.45) is 2.22. The first-order valence-electron chi connectivity index (χ1n) is 4.17. The minimum atomic E-state index is -3.42. The number of hydrogen-bond acceptors (Lipinski definition) is 4. The molecule has 0 unspecified atom stereocenters. The average molecular weight is 217 g/mol. The van der Waals surface area contributed by atoms with Gasteiger partial charge < -0.3 is 5.11 Å². The third-order valence-corrected chi connectivity index (χ3v) is 3.93. The van der Waals surface area contributed by atoms with Gasteiger partial charge in [0.1, 0.15) is 4.90 Å². The van der Waals surface area contributed by atoms with Crippen LogP contribution in [-0.2, 0) is 17.1 Å². The Hall–Kier alpha value is -0.920. The first-order valence-corrected chi connectivity index (χ1v) is 5.61. The topological polar surface area (TPSA) is 75.4 Å². The Balaban J connectivity index is 2.25. The van der Waals surface area contributed by atoms with E-state index in [0.717, 1.165) is 0 Å². The third kappa shape index (κ3) is 1.43. The van der Waals surface area contributed by atoms with E-state index in [9.17, 15) is 8.42 Å². The highest BCUT2D eigenvalue weighted by Crippen LogP contribution is 2.20. The van der Waals surface area contributed by atoms with Gasteiger partial charge in [0.05, 0.1) is 12.3 Å². The van der Waals surface area contributed by atoms with Gasteiger partial charge in [0, 0.05) is 26.3 Å². The number of aryl methyl sites for hydroxylation is 1. The molecule has 2 heterocycles. The van der Waals surface area contributed by atoms with Crippen molar-refractivity contribution in [1.29, 1.82) is 0 Å². The van der Waals surface area contributed by atoms with E-state index in [4.69, 9.17) is 5.11 Å². The van der Waals surface area contributed by atoms with Crippen molar-refractivity contribution < 1.29 is 13.5 Å². The van der Waals surface area contributed by atoms with Crippen molar-refractivity contribution in [2.24, 2.45) is 7.05 Å². The monoisotopic (exact) mass is 217 g/mol. The number of aromatic nitrogens is 2. The smallest absolute Gasteiger partial charge is 0.246 e. The van der Waals surface area contributed by atoms with Crippen LogP contribution in [-0.4, -0.2) is 46.8 Å². The van der Waals surface area contributed by atoms with Gasteiger partial charge >= 0.3 is 0 Å². The van der Waals surface area contributed by atoms with E-state index < -0.39 is 16.1 Å². The van der Waals surface area contributed by atoms with Crippen molar-refractivity contribution in [2.75, 3.05) is 13.1 Å². The molecular formula is C7H11N3O3S. The van der Waals surface area contributed by atoms with Crippen LogP contribution >= 0.6 is 0 Å². The van der Waals surface area contributed by atoms with Gasteiger partial charge in [0.15, 0.2) is 0 Å². The predicted octanol–water partition coefficient (Wildman–Crippen LogP) is -1.21. The van der Waals surface area contributed by atoms with E-state index in [-0.39, 0.29) is 18.0 Å². The quantitative estimate of drug-likeness (QED) is 0.674. The van der Waals surface area contributed by atoms with Crippen molar-refractivity contribution in [3.63, 3.8) is 0 Å². The largest absolute Gasteiger partial charge is 0.390 e. The van der Waals surface area contributed by atoms with E-state index >= 15 is 0 Å². The third-order valence-electron chi connectivity index (χ3n) is 2.15. The Kier molecular flexibility index (Phi) is 2.09. The Morgan fingerprint density at radius 2 is 2.21 bits per heavy atom. The number of β-amino-alcohol motifs (C(OH)–C–C–N with tert-alkyl or cyclic N) is 1. The highest BCUT2D eigenvalue weighted by Gasteiger charge is 2.36. The Morgan fingerprint density at radius 3 is 2.64 bits per heavy atom. The summed E-state index contributed by atoms with van der Waals surface area (Å²) in [5, 5.41) is 12.8. The fourth-order valence-corrected chi connectivity index (χ4v) is 2.79. The Morgan fingerprint density at radius 1 is 1.57 bits per heavy atom. The first-order chi connectivity index (χ1) is 6.50. The summed E-state index contributed by atoms with van der Waals surface area (Å²) in [5.41, 5.74) is 0. The van der Waals surface area contributed by atoms with Gasteiger partial charge in [-0.05, 0) is 0 Å². The van der Waals surface area contributed by atoms with Gasteiger partial charge in [-0.1, -0.05) is 0 Å². The maximum absolute atomic E-state index is 11.7. The fourth-order valence-electron chi connectivity index (χ4n) is 1.29. The molecule has 1 fully saturated rings. The van der Waals surface area contributed by atoms with Crippen molar-refractivity contribution in [3.05, 3.63) is 12.4 Å². The molecular weight excluding hydrogens is 206 g/mol. The van der Waals surface area contributed by atoms with Crippen LogP contribution < -0.4 is 0 Å². The number of aliphatic hydroxyl groups is 1. The summed E-state index contributed by atoms with van der Waals surface area (Å²) in [6, 6.07) is 0. The average Bonchev–Trinajstić information content (AvgIpc) is 2.46. The lowest BCUT2D eigenvalue weighted by Crippen LogP contribution is -2.53. The van der Waals surface area contributed by atoms with Crippen LogP contribution in [0.1, 0.15) is 0 Å². The lowest BCUT2D eigenvalue weighted by molar-refractivity contribution is 0.0548. The molecule has 0 saturated carbocycles. The minimum Gasteiger partial charge on any atom is -0.390 e. The zero-order valence-corrected chi connectivity index (χ0v) is 8.48. The Labute approximate surface area is 81.8 Å². The molecule has 7 heteroatoms. The summed E-state index contributed by atoms with van der Waals surface area (Å²) in [6.45, 7) is 0.356. The zero-order valence-electron chi connectivity index (χ0n) is 7.66. The number of rotatable bonds is 2. The van der Waals surface area contributed by atoms with E-state index in [1.165, 1.54) is 21.4 Å². The summed E-state index contributed by atoms with van der Waals surface area (Å²) in [5.74, 6) is 0. The van der Waals surface area contributed by atoms with Gasteiger partial charge in [-0.3, -0.25) is 4.68 Å². The van der Waals surface area contributed by atoms with Gasteiger partial charge in [-0.25, -0.2) is 8.42 Å². The van der Waals surface area contributed by atoms with Crippen molar-refractivity contribution >= 4 is 10.0 Å². The van der Waals surface area contributed by atoms with Crippen LogP contribution in [0.3, 0.4) is 0 Å². The highest BCUT2D eigenvalue weighted by molar-refractivity contribution is 7.89. The first kappa shape index (κ1) is 9.63. The summed E-state index contributed by atoms with van der Waals surface area (Å²) < 4.78 is 26.1. The van der Waals surface area contributed by atoms with Gasteiger partial charge in [-0.15, -0.1) is 0 Å². The van der Waals surface area contributed by atoms with Crippen LogP contribution in [0.5, 0.6) is 0 Å². The number of sulfonamides is 1.